The second kappa shape index (κ2) is 6.45. The molecule has 5 nitrogen and oxygen atoms in total. The van der Waals surface area contributed by atoms with Crippen molar-refractivity contribution in [1.29, 1.82) is 0 Å². The average molecular weight is 330 g/mol. The van der Waals surface area contributed by atoms with E-state index in [2.05, 4.69) is 27.9 Å². The van der Waals surface area contributed by atoms with E-state index in [1.54, 1.807) is 11.3 Å². The molecule has 2 aliphatic heterocycles. The number of carbonyl (C=O) groups excluding carboxylic acids is 1. The number of aromatic nitrogens is 2. The number of nitrogens with zero attached hydrogens (tertiary/aromatic N) is 3. The predicted octanol–water partition coefficient (Wildman–Crippen LogP) is 2.85. The van der Waals surface area contributed by atoms with Gasteiger partial charge in [-0.2, -0.15) is 5.10 Å². The molecular formula is C17H22N4OS. The van der Waals surface area contributed by atoms with Gasteiger partial charge in [-0.3, -0.25) is 9.48 Å². The minimum Gasteiger partial charge on any atom is -0.329 e. The molecule has 0 radical (unpaired) electrons. The lowest BCUT2D eigenvalue weighted by atomic mass is 10.1. The maximum absolute atomic E-state index is 12.9. The Hall–Kier alpha value is -1.66. The largest absolute Gasteiger partial charge is 0.329 e. The monoisotopic (exact) mass is 330 g/mol. The maximum Gasteiger partial charge on any atom is 0.274 e. The van der Waals surface area contributed by atoms with Gasteiger partial charge in [-0.15, -0.1) is 11.3 Å². The van der Waals surface area contributed by atoms with Gasteiger partial charge in [0.15, 0.2) is 0 Å². The molecule has 1 amide bonds. The van der Waals surface area contributed by atoms with Crippen molar-refractivity contribution in [2.24, 2.45) is 0 Å². The molecule has 2 aliphatic rings. The lowest BCUT2D eigenvalue weighted by Crippen LogP contribution is -2.33. The standard InChI is InChI=1S/C17H22N4OS/c22-17(20-9-2-5-15(20)16-6-3-11-23-16)14-7-10-21(19-14)13-4-1-8-18-12-13/h3,6-7,10-11,13,15,18H,1-2,4-5,8-9,12H2. The van der Waals surface area contributed by atoms with Gasteiger partial charge in [0, 0.05) is 24.2 Å². The fourth-order valence-electron chi connectivity index (χ4n) is 3.65. The predicted molar refractivity (Wildman–Crippen MR) is 90.7 cm³/mol. The summed E-state index contributed by atoms with van der Waals surface area (Å²) in [6, 6.07) is 6.67. The average Bonchev–Trinajstić information content (AvgIpc) is 3.34. The molecule has 23 heavy (non-hydrogen) atoms. The number of thiophene rings is 1. The lowest BCUT2D eigenvalue weighted by molar-refractivity contribution is 0.0730. The van der Waals surface area contributed by atoms with Gasteiger partial charge < -0.3 is 10.2 Å². The van der Waals surface area contributed by atoms with Crippen LogP contribution in [0.15, 0.2) is 29.8 Å². The van der Waals surface area contributed by atoms with Crippen molar-refractivity contribution in [1.82, 2.24) is 20.0 Å². The van der Waals surface area contributed by atoms with Crippen LogP contribution in [0.4, 0.5) is 0 Å². The van der Waals surface area contributed by atoms with Crippen LogP contribution in [0, 0.1) is 0 Å². The molecule has 0 spiro atoms. The van der Waals surface area contributed by atoms with Crippen LogP contribution in [-0.4, -0.2) is 40.2 Å². The summed E-state index contributed by atoms with van der Waals surface area (Å²) in [6.07, 6.45) is 6.38. The first kappa shape index (κ1) is 14.9. The van der Waals surface area contributed by atoms with Crippen molar-refractivity contribution in [2.75, 3.05) is 19.6 Å². The number of nitrogens with one attached hydrogen (secondary N) is 1. The van der Waals surface area contributed by atoms with E-state index in [-0.39, 0.29) is 11.9 Å². The molecule has 0 bridgehead atoms. The Morgan fingerprint density at radius 1 is 1.30 bits per heavy atom. The topological polar surface area (TPSA) is 50.2 Å². The van der Waals surface area contributed by atoms with Gasteiger partial charge in [0.05, 0.1) is 12.1 Å². The van der Waals surface area contributed by atoms with Crippen molar-refractivity contribution < 1.29 is 4.79 Å². The summed E-state index contributed by atoms with van der Waals surface area (Å²) in [5.74, 6) is 0.0726. The number of rotatable bonds is 3. The Morgan fingerprint density at radius 3 is 3.04 bits per heavy atom. The fraction of sp³-hybridized carbons (Fsp3) is 0.529. The van der Waals surface area contributed by atoms with E-state index in [4.69, 9.17) is 0 Å². The highest BCUT2D eigenvalue weighted by atomic mass is 32.1. The number of carbonyl (C=O) groups is 1. The third-order valence-corrected chi connectivity index (χ3v) is 5.83. The van der Waals surface area contributed by atoms with E-state index in [0.717, 1.165) is 38.9 Å². The summed E-state index contributed by atoms with van der Waals surface area (Å²) in [5, 5.41) is 10.1. The highest BCUT2D eigenvalue weighted by molar-refractivity contribution is 7.10. The van der Waals surface area contributed by atoms with Gasteiger partial charge in [-0.1, -0.05) is 6.07 Å². The summed E-state index contributed by atoms with van der Waals surface area (Å²) in [7, 11) is 0. The minimum atomic E-state index is 0.0726. The molecule has 0 aromatic carbocycles. The summed E-state index contributed by atoms with van der Waals surface area (Å²) in [4.78, 5) is 16.2. The Kier molecular flexibility index (Phi) is 4.18. The molecule has 122 valence electrons. The van der Waals surface area contributed by atoms with Crippen LogP contribution in [0.5, 0.6) is 0 Å². The fourth-order valence-corrected chi connectivity index (χ4v) is 4.52. The number of likely N-dealkylation sites (tertiary alicyclic amines) is 1. The molecule has 2 fully saturated rings. The lowest BCUT2D eigenvalue weighted by Gasteiger charge is -2.24. The van der Waals surface area contributed by atoms with Crippen LogP contribution < -0.4 is 5.32 Å². The third kappa shape index (κ3) is 2.93. The molecule has 4 heterocycles. The van der Waals surface area contributed by atoms with Gasteiger partial charge in [0.2, 0.25) is 0 Å². The quantitative estimate of drug-likeness (QED) is 0.941. The van der Waals surface area contributed by atoms with Crippen LogP contribution >= 0.6 is 11.3 Å². The number of hydrogen-bond donors (Lipinski definition) is 1. The van der Waals surface area contributed by atoms with Crippen molar-refractivity contribution in [3.63, 3.8) is 0 Å². The smallest absolute Gasteiger partial charge is 0.274 e. The SMILES string of the molecule is O=C(c1ccn(C2CCCNC2)n1)N1CCCC1c1cccs1. The first-order valence-corrected chi connectivity index (χ1v) is 9.31. The third-order valence-electron chi connectivity index (χ3n) is 4.86. The van der Waals surface area contributed by atoms with E-state index >= 15 is 0 Å². The molecule has 4 rings (SSSR count). The Balaban J connectivity index is 1.51. The Labute approximate surface area is 140 Å². The normalized spacial score (nSPS) is 25.0. The van der Waals surface area contributed by atoms with Crippen molar-refractivity contribution >= 4 is 17.2 Å². The zero-order valence-electron chi connectivity index (χ0n) is 13.1. The first-order chi connectivity index (χ1) is 11.3. The second-order valence-electron chi connectivity index (χ2n) is 6.35. The van der Waals surface area contributed by atoms with Gasteiger partial charge in [-0.05, 0) is 49.7 Å². The molecule has 2 aromatic heterocycles. The summed E-state index contributed by atoms with van der Waals surface area (Å²) >= 11 is 1.74. The number of amides is 1. The molecule has 6 heteroatoms. The van der Waals surface area contributed by atoms with Gasteiger partial charge in [-0.25, -0.2) is 0 Å². The summed E-state index contributed by atoms with van der Waals surface area (Å²) < 4.78 is 1.97. The van der Waals surface area contributed by atoms with Crippen molar-refractivity contribution in [3.8, 4) is 0 Å². The second-order valence-corrected chi connectivity index (χ2v) is 7.33. The van der Waals surface area contributed by atoms with E-state index in [1.165, 1.54) is 11.3 Å². The number of hydrogen-bond acceptors (Lipinski definition) is 4. The highest BCUT2D eigenvalue weighted by Crippen LogP contribution is 2.35. The molecule has 2 saturated heterocycles. The molecule has 0 saturated carbocycles. The zero-order valence-corrected chi connectivity index (χ0v) is 14.0. The minimum absolute atomic E-state index is 0.0726. The van der Waals surface area contributed by atoms with E-state index in [1.807, 2.05) is 21.8 Å². The van der Waals surface area contributed by atoms with E-state index in [9.17, 15) is 4.79 Å². The van der Waals surface area contributed by atoms with Crippen LogP contribution in [0.25, 0.3) is 0 Å². The molecule has 0 aliphatic carbocycles. The Bertz CT molecular complexity index is 660. The van der Waals surface area contributed by atoms with E-state index < -0.39 is 0 Å². The first-order valence-electron chi connectivity index (χ1n) is 8.43. The van der Waals surface area contributed by atoms with Gasteiger partial charge in [0.1, 0.15) is 5.69 Å². The van der Waals surface area contributed by atoms with Crippen LogP contribution in [0.2, 0.25) is 0 Å². The van der Waals surface area contributed by atoms with Gasteiger partial charge >= 0.3 is 0 Å². The van der Waals surface area contributed by atoms with E-state index in [0.29, 0.717) is 11.7 Å². The molecule has 2 atom stereocenters. The molecular weight excluding hydrogens is 308 g/mol. The van der Waals surface area contributed by atoms with Crippen LogP contribution in [0.3, 0.4) is 0 Å². The highest BCUT2D eigenvalue weighted by Gasteiger charge is 2.32. The maximum atomic E-state index is 12.9. The van der Waals surface area contributed by atoms with Gasteiger partial charge in [0.25, 0.3) is 5.91 Å². The van der Waals surface area contributed by atoms with Crippen LogP contribution in [0.1, 0.15) is 53.1 Å². The summed E-state index contributed by atoms with van der Waals surface area (Å²) in [6.45, 7) is 2.86. The van der Waals surface area contributed by atoms with Crippen molar-refractivity contribution in [3.05, 3.63) is 40.3 Å². The molecule has 2 unspecified atom stereocenters. The number of piperidine rings is 1. The summed E-state index contributed by atoms with van der Waals surface area (Å²) in [5.41, 5.74) is 0.582. The Morgan fingerprint density at radius 2 is 2.26 bits per heavy atom. The molecule has 2 aromatic rings. The molecule has 1 N–H and O–H groups in total. The van der Waals surface area contributed by atoms with Crippen LogP contribution in [-0.2, 0) is 0 Å². The van der Waals surface area contributed by atoms with Crippen molar-refractivity contribution in [2.45, 2.75) is 37.8 Å². The zero-order chi connectivity index (χ0) is 15.6.